The van der Waals surface area contributed by atoms with E-state index in [1.54, 1.807) is 13.2 Å². The van der Waals surface area contributed by atoms with Crippen molar-refractivity contribution in [2.75, 3.05) is 38.3 Å². The van der Waals surface area contributed by atoms with Crippen LogP contribution >= 0.6 is 0 Å². The summed E-state index contributed by atoms with van der Waals surface area (Å²) < 4.78 is 19.4. The predicted octanol–water partition coefficient (Wildman–Crippen LogP) is 3.36. The first-order chi connectivity index (χ1) is 10.1. The predicted molar refractivity (Wildman–Crippen MR) is 85.3 cm³/mol. The van der Waals surface area contributed by atoms with Crippen LogP contribution in [0.1, 0.15) is 38.3 Å². The number of anilines is 1. The van der Waals surface area contributed by atoms with Crippen LogP contribution in [0.5, 0.6) is 0 Å². The van der Waals surface area contributed by atoms with Crippen LogP contribution < -0.4 is 10.2 Å². The summed E-state index contributed by atoms with van der Waals surface area (Å²) in [6.45, 7) is 7.63. The minimum atomic E-state index is -0.109. The van der Waals surface area contributed by atoms with Gasteiger partial charge in [0.2, 0.25) is 0 Å². The highest BCUT2D eigenvalue weighted by molar-refractivity contribution is 5.50. The van der Waals surface area contributed by atoms with E-state index in [9.17, 15) is 4.39 Å². The monoisotopic (exact) mass is 294 g/mol. The Balaban J connectivity index is 2.02. The zero-order valence-corrected chi connectivity index (χ0v) is 13.4. The second-order valence-electron chi connectivity index (χ2n) is 6.07. The van der Waals surface area contributed by atoms with Gasteiger partial charge in [-0.2, -0.15) is 0 Å². The molecule has 21 heavy (non-hydrogen) atoms. The van der Waals surface area contributed by atoms with E-state index >= 15 is 0 Å². The van der Waals surface area contributed by atoms with E-state index < -0.39 is 0 Å². The van der Waals surface area contributed by atoms with E-state index in [-0.39, 0.29) is 11.9 Å². The lowest BCUT2D eigenvalue weighted by atomic mass is 9.99. The molecule has 0 aromatic heterocycles. The number of benzene rings is 1. The first-order valence-electron chi connectivity index (χ1n) is 7.88. The highest BCUT2D eigenvalue weighted by Gasteiger charge is 2.19. The Morgan fingerprint density at radius 2 is 2.29 bits per heavy atom. The molecule has 1 aromatic carbocycles. The summed E-state index contributed by atoms with van der Waals surface area (Å²) in [6, 6.07) is 5.75. The fraction of sp³-hybridized carbons (Fsp3) is 0.647. The average molecular weight is 294 g/mol. The van der Waals surface area contributed by atoms with Crippen molar-refractivity contribution in [2.24, 2.45) is 5.92 Å². The van der Waals surface area contributed by atoms with E-state index in [4.69, 9.17) is 4.74 Å². The molecule has 0 saturated carbocycles. The lowest BCUT2D eigenvalue weighted by Crippen LogP contribution is -2.34. The summed E-state index contributed by atoms with van der Waals surface area (Å²) >= 11 is 0. The first-order valence-corrected chi connectivity index (χ1v) is 7.88. The maximum absolute atomic E-state index is 14.4. The molecule has 0 aliphatic carbocycles. The van der Waals surface area contributed by atoms with E-state index in [1.165, 1.54) is 6.42 Å². The van der Waals surface area contributed by atoms with Gasteiger partial charge in [-0.3, -0.25) is 0 Å². The highest BCUT2D eigenvalue weighted by Crippen LogP contribution is 2.27. The molecule has 1 aliphatic rings. The quantitative estimate of drug-likeness (QED) is 0.814. The van der Waals surface area contributed by atoms with Crippen molar-refractivity contribution in [3.8, 4) is 0 Å². The van der Waals surface area contributed by atoms with Crippen LogP contribution in [0.25, 0.3) is 0 Å². The summed E-state index contributed by atoms with van der Waals surface area (Å²) in [5.74, 6) is 0.537. The van der Waals surface area contributed by atoms with Gasteiger partial charge in [0, 0.05) is 32.8 Å². The van der Waals surface area contributed by atoms with Crippen molar-refractivity contribution >= 4 is 5.69 Å². The Kier molecular flexibility index (Phi) is 6.00. The molecular weight excluding hydrogens is 267 g/mol. The number of nitrogens with one attached hydrogen (secondary N) is 1. The van der Waals surface area contributed by atoms with Gasteiger partial charge in [0.25, 0.3) is 0 Å². The van der Waals surface area contributed by atoms with Crippen molar-refractivity contribution in [3.63, 3.8) is 0 Å². The van der Waals surface area contributed by atoms with E-state index in [1.807, 2.05) is 19.1 Å². The maximum atomic E-state index is 14.4. The van der Waals surface area contributed by atoms with Crippen LogP contribution in [0.4, 0.5) is 10.1 Å². The molecule has 3 nitrogen and oxygen atoms in total. The second kappa shape index (κ2) is 7.76. The standard InChI is InChI=1S/C17H27FN2O/c1-13-5-4-9-20(12-13)17-7-6-15(11-16(17)18)14(2)19-8-10-21-3/h6-7,11,13-14,19H,4-5,8-10,12H2,1-3H3/t13-,14-/m1/s1. The minimum absolute atomic E-state index is 0.109. The molecule has 1 aromatic rings. The number of ether oxygens (including phenoxy) is 1. The number of piperidine rings is 1. The molecule has 0 radical (unpaired) electrons. The highest BCUT2D eigenvalue weighted by atomic mass is 19.1. The summed E-state index contributed by atoms with van der Waals surface area (Å²) in [5.41, 5.74) is 1.73. The number of hydrogen-bond acceptors (Lipinski definition) is 3. The van der Waals surface area contributed by atoms with Crippen molar-refractivity contribution in [3.05, 3.63) is 29.6 Å². The number of rotatable bonds is 6. The Bertz CT molecular complexity index is 452. The molecule has 2 rings (SSSR count). The molecule has 0 spiro atoms. The average Bonchev–Trinajstić information content (AvgIpc) is 2.47. The second-order valence-corrected chi connectivity index (χ2v) is 6.07. The van der Waals surface area contributed by atoms with Crippen molar-refractivity contribution in [1.29, 1.82) is 0 Å². The van der Waals surface area contributed by atoms with E-state index in [0.29, 0.717) is 12.5 Å². The van der Waals surface area contributed by atoms with Gasteiger partial charge in [-0.15, -0.1) is 0 Å². The lowest BCUT2D eigenvalue weighted by Gasteiger charge is -2.33. The van der Waals surface area contributed by atoms with Gasteiger partial charge in [0.1, 0.15) is 5.82 Å². The van der Waals surface area contributed by atoms with Crippen molar-refractivity contribution < 1.29 is 9.13 Å². The molecular formula is C17H27FN2O. The van der Waals surface area contributed by atoms with Crippen molar-refractivity contribution in [1.82, 2.24) is 5.32 Å². The first kappa shape index (κ1) is 16.2. The third-order valence-corrected chi connectivity index (χ3v) is 4.23. The summed E-state index contributed by atoms with van der Waals surface area (Å²) in [5, 5.41) is 3.33. The zero-order chi connectivity index (χ0) is 15.2. The lowest BCUT2D eigenvalue weighted by molar-refractivity contribution is 0.196. The number of methoxy groups -OCH3 is 1. The van der Waals surface area contributed by atoms with E-state index in [2.05, 4.69) is 17.1 Å². The summed E-state index contributed by atoms with van der Waals surface area (Å²) in [6.07, 6.45) is 2.40. The molecule has 4 heteroatoms. The molecule has 2 atom stereocenters. The van der Waals surface area contributed by atoms with Crippen LogP contribution in [-0.4, -0.2) is 33.4 Å². The van der Waals surface area contributed by atoms with Gasteiger partial charge < -0.3 is 15.0 Å². The molecule has 1 heterocycles. The van der Waals surface area contributed by atoms with Gasteiger partial charge in [-0.25, -0.2) is 4.39 Å². The largest absolute Gasteiger partial charge is 0.383 e. The van der Waals surface area contributed by atoms with Gasteiger partial charge in [-0.05, 0) is 43.4 Å². The van der Waals surface area contributed by atoms with Gasteiger partial charge in [0.05, 0.1) is 12.3 Å². The van der Waals surface area contributed by atoms with Crippen LogP contribution in [0.3, 0.4) is 0 Å². The van der Waals surface area contributed by atoms with E-state index in [0.717, 1.165) is 37.3 Å². The molecule has 1 saturated heterocycles. The molecule has 0 unspecified atom stereocenters. The zero-order valence-electron chi connectivity index (χ0n) is 13.4. The van der Waals surface area contributed by atoms with Crippen molar-refractivity contribution in [2.45, 2.75) is 32.7 Å². The number of hydrogen-bond donors (Lipinski definition) is 1. The molecule has 0 bridgehead atoms. The molecule has 1 aliphatic heterocycles. The van der Waals surface area contributed by atoms with Gasteiger partial charge in [-0.1, -0.05) is 13.0 Å². The SMILES string of the molecule is COCCN[C@H](C)c1ccc(N2CCC[C@@H](C)C2)c(F)c1. The van der Waals surface area contributed by atoms with Crippen LogP contribution in [0, 0.1) is 11.7 Å². The summed E-state index contributed by atoms with van der Waals surface area (Å²) in [4.78, 5) is 2.18. The Morgan fingerprint density at radius 3 is 2.95 bits per heavy atom. The van der Waals surface area contributed by atoms with Gasteiger partial charge >= 0.3 is 0 Å². The Hall–Kier alpha value is -1.13. The summed E-state index contributed by atoms with van der Waals surface area (Å²) in [7, 11) is 1.68. The number of halogens is 1. The number of nitrogens with zero attached hydrogens (tertiary/aromatic N) is 1. The van der Waals surface area contributed by atoms with Crippen LogP contribution in [0.2, 0.25) is 0 Å². The third-order valence-electron chi connectivity index (χ3n) is 4.23. The van der Waals surface area contributed by atoms with Crippen LogP contribution in [-0.2, 0) is 4.74 Å². The smallest absolute Gasteiger partial charge is 0.146 e. The van der Waals surface area contributed by atoms with Gasteiger partial charge in [0.15, 0.2) is 0 Å². The fourth-order valence-electron chi connectivity index (χ4n) is 2.95. The fourth-order valence-corrected chi connectivity index (χ4v) is 2.95. The molecule has 1 N–H and O–H groups in total. The van der Waals surface area contributed by atoms with Crippen LogP contribution in [0.15, 0.2) is 18.2 Å². The molecule has 0 amide bonds. The Morgan fingerprint density at radius 1 is 1.48 bits per heavy atom. The normalized spacial score (nSPS) is 20.6. The maximum Gasteiger partial charge on any atom is 0.146 e. The third kappa shape index (κ3) is 4.42. The topological polar surface area (TPSA) is 24.5 Å². The molecule has 1 fully saturated rings. The minimum Gasteiger partial charge on any atom is -0.383 e. The Labute approximate surface area is 127 Å². The molecule has 118 valence electrons.